The summed E-state index contributed by atoms with van der Waals surface area (Å²) in [6, 6.07) is 4.82. The van der Waals surface area contributed by atoms with Crippen molar-refractivity contribution in [1.82, 2.24) is 0 Å². The van der Waals surface area contributed by atoms with Crippen molar-refractivity contribution in [1.29, 1.82) is 0 Å². The van der Waals surface area contributed by atoms with Gasteiger partial charge in [-0.1, -0.05) is 90.1 Å². The van der Waals surface area contributed by atoms with Gasteiger partial charge in [0.2, 0.25) is 0 Å². The van der Waals surface area contributed by atoms with Gasteiger partial charge in [-0.15, -0.1) is 0 Å². The molecule has 0 N–H and O–H groups in total. The predicted molar refractivity (Wildman–Crippen MR) is 236 cm³/mol. The Balaban J connectivity index is 0.828. The molecule has 0 radical (unpaired) electrons. The molecule has 0 heterocycles. The van der Waals surface area contributed by atoms with Crippen molar-refractivity contribution >= 4 is 17.5 Å². The van der Waals surface area contributed by atoms with Crippen LogP contribution in [-0.4, -0.2) is 57.1 Å². The zero-order valence-electron chi connectivity index (χ0n) is 35.9. The summed E-state index contributed by atoms with van der Waals surface area (Å²) < 4.78 is 23.0. The molecule has 0 aliphatic heterocycles. The Kier molecular flexibility index (Phi) is 14.0. The molecule has 0 atom stereocenters. The number of aliphatic imine (C=N–C) groups is 1. The van der Waals surface area contributed by atoms with E-state index in [1.807, 2.05) is 12.2 Å². The van der Waals surface area contributed by atoms with E-state index < -0.39 is 0 Å². The molecule has 6 heteroatoms. The summed E-state index contributed by atoms with van der Waals surface area (Å²) in [5, 5.41) is 0. The minimum Gasteiger partial charge on any atom is -0.463 e. The van der Waals surface area contributed by atoms with Crippen LogP contribution in [0.25, 0.3) is 0 Å². The second kappa shape index (κ2) is 19.3. The maximum absolute atomic E-state index is 13.0. The Morgan fingerprint density at radius 3 is 1.83 bits per heavy atom. The van der Waals surface area contributed by atoms with Gasteiger partial charge in [-0.3, -0.25) is 14.2 Å². The maximum atomic E-state index is 13.0. The van der Waals surface area contributed by atoms with Crippen LogP contribution in [0.4, 0.5) is 0 Å². The molecule has 4 bridgehead atoms. The average Bonchev–Trinajstić information content (AvgIpc) is 3.47. The first kappa shape index (κ1) is 42.0. The number of ketones is 1. The predicted octanol–water partition coefficient (Wildman–Crippen LogP) is 11.3. The van der Waals surface area contributed by atoms with E-state index in [4.69, 9.17) is 23.6 Å². The van der Waals surface area contributed by atoms with Gasteiger partial charge in [0.05, 0.1) is 37.5 Å². The molecule has 0 unspecified atom stereocenters. The zero-order chi connectivity index (χ0) is 40.6. The average molecular weight is 785 g/mol. The summed E-state index contributed by atoms with van der Waals surface area (Å²) in [5.41, 5.74) is 11.3. The van der Waals surface area contributed by atoms with Gasteiger partial charge >= 0.3 is 11.8 Å². The number of carbonyl (C=O) groups is 1. The van der Waals surface area contributed by atoms with E-state index in [1.165, 1.54) is 58.2 Å². The van der Waals surface area contributed by atoms with Crippen molar-refractivity contribution in [2.24, 2.45) is 28.2 Å². The van der Waals surface area contributed by atoms with E-state index in [0.29, 0.717) is 63.9 Å². The van der Waals surface area contributed by atoms with Gasteiger partial charge < -0.3 is 14.2 Å². The van der Waals surface area contributed by atoms with Gasteiger partial charge in [-0.05, 0) is 149 Å². The molecule has 308 valence electrons. The number of esters is 1. The zero-order valence-corrected chi connectivity index (χ0v) is 35.9. The first-order chi connectivity index (χ1) is 28.1. The van der Waals surface area contributed by atoms with Gasteiger partial charge in [0.1, 0.15) is 13.2 Å². The number of carbonyl (C=O) groups excluding carboxylic acids is 2. The Hall–Kier alpha value is -4.13. The van der Waals surface area contributed by atoms with Crippen molar-refractivity contribution in [2.75, 3.05) is 39.6 Å². The van der Waals surface area contributed by atoms with Gasteiger partial charge in [0.25, 0.3) is 6.61 Å². The normalized spacial score (nSPS) is 24.7. The number of nitrogens with zero attached hydrogens (tertiary/aromatic N) is 1. The second-order valence-electron chi connectivity index (χ2n) is 18.4. The van der Waals surface area contributed by atoms with Gasteiger partial charge in [-0.25, -0.2) is 0 Å². The highest BCUT2D eigenvalue weighted by atomic mass is 16.6. The van der Waals surface area contributed by atoms with Crippen LogP contribution in [0, 0.1) is 23.2 Å². The third kappa shape index (κ3) is 10.4. The maximum Gasteiger partial charge on any atom is 0.343 e. The minimum absolute atomic E-state index is 0.0227. The molecule has 4 fully saturated rings. The number of ether oxygens (including phenoxy) is 3. The number of allylic oxidation sites excluding steroid dienone is 16. The molecule has 58 heavy (non-hydrogen) atoms. The quantitative estimate of drug-likeness (QED) is 0.101. The third-order valence-electron chi connectivity index (χ3n) is 13.0. The van der Waals surface area contributed by atoms with Crippen LogP contribution in [0.5, 0.6) is 0 Å². The van der Waals surface area contributed by atoms with Gasteiger partial charge in [0.15, 0.2) is 0 Å². The summed E-state index contributed by atoms with van der Waals surface area (Å²) in [7, 11) is 0. The van der Waals surface area contributed by atoms with E-state index in [1.54, 1.807) is 0 Å². The Morgan fingerprint density at radius 1 is 0.672 bits per heavy atom. The highest BCUT2D eigenvalue weighted by Gasteiger charge is 2.55. The molecule has 1 aromatic carbocycles. The number of hydrogen-bond acceptors (Lipinski definition) is 5. The fourth-order valence-corrected chi connectivity index (χ4v) is 10.3. The highest BCUT2D eigenvalue weighted by molar-refractivity contribution is 6.06. The minimum atomic E-state index is -0.200. The molecule has 7 aliphatic carbocycles. The van der Waals surface area contributed by atoms with Crippen LogP contribution < -0.4 is 0 Å². The molecule has 4 saturated carbocycles. The SMILES string of the molecule is CC(C)c1cc(C(C)C)c(CN=C2C=CC(=C3C=CC(=C4C=CC(=[O+]CCOCCOCCOC(=O)C56CC7CC(CC(C7)C5)C6)C=C4)C=CC3)C=C2)c(C(C)C)c1. The molecular weight excluding hydrogens is 719 g/mol. The monoisotopic (exact) mass is 784 g/mol. The van der Waals surface area contributed by atoms with E-state index in [9.17, 15) is 4.79 Å². The first-order valence-electron chi connectivity index (χ1n) is 22.1. The van der Waals surface area contributed by atoms with Crippen molar-refractivity contribution in [3.05, 3.63) is 130 Å². The lowest BCUT2D eigenvalue weighted by Crippen LogP contribution is -2.50. The summed E-state index contributed by atoms with van der Waals surface area (Å²) in [4.78, 5) is 18.1. The van der Waals surface area contributed by atoms with E-state index in [-0.39, 0.29) is 11.4 Å². The summed E-state index contributed by atoms with van der Waals surface area (Å²) in [6.45, 7) is 17.1. The summed E-state index contributed by atoms with van der Waals surface area (Å²) in [5.74, 6) is 4.48. The Bertz CT molecular complexity index is 1890. The molecule has 8 rings (SSSR count). The van der Waals surface area contributed by atoms with Crippen LogP contribution in [0.2, 0.25) is 0 Å². The molecule has 0 amide bonds. The molecule has 0 saturated heterocycles. The molecular formula is C52H66NO5+. The van der Waals surface area contributed by atoms with Gasteiger partial charge in [0, 0.05) is 12.2 Å². The molecule has 0 spiro atoms. The Labute approximate surface area is 348 Å². The van der Waals surface area contributed by atoms with E-state index >= 15 is 0 Å². The van der Waals surface area contributed by atoms with E-state index in [0.717, 1.165) is 60.5 Å². The van der Waals surface area contributed by atoms with Gasteiger partial charge in [-0.2, -0.15) is 0 Å². The van der Waals surface area contributed by atoms with Crippen LogP contribution in [0.1, 0.15) is 126 Å². The summed E-state index contributed by atoms with van der Waals surface area (Å²) in [6.07, 6.45) is 33.8. The molecule has 7 aliphatic rings. The first-order valence-corrected chi connectivity index (χ1v) is 22.1. The lowest BCUT2D eigenvalue weighted by Gasteiger charge is -2.55. The van der Waals surface area contributed by atoms with Crippen molar-refractivity contribution in [3.8, 4) is 0 Å². The molecule has 6 nitrogen and oxygen atoms in total. The number of benzene rings is 1. The second-order valence-corrected chi connectivity index (χ2v) is 18.4. The standard InChI is InChI=1S/C52H66NO5/c1-35(2)45-29-48(36(3)4)50(49(30-45)37(5)6)34-53-46-16-12-43(13-17-46)41-8-7-9-42(11-10-41)44-14-18-47(19-15-44)57-24-22-55-20-21-56-23-25-58-51(54)52-31-38-26-39(32-52)28-40(27-38)33-52/h7,9-19,29-30,35-40H,8,20-28,31-34H2,1-6H3/q+1. The van der Waals surface area contributed by atoms with E-state index in [2.05, 4.69) is 114 Å². The van der Waals surface area contributed by atoms with Crippen LogP contribution in [0.15, 0.2) is 112 Å². The summed E-state index contributed by atoms with van der Waals surface area (Å²) >= 11 is 0. The number of hydrogen-bond donors (Lipinski definition) is 0. The third-order valence-corrected chi connectivity index (χ3v) is 13.0. The lowest BCUT2D eigenvalue weighted by atomic mass is 9.49. The topological polar surface area (TPSA) is 68.4 Å². The van der Waals surface area contributed by atoms with Crippen molar-refractivity contribution in [3.63, 3.8) is 0 Å². The molecule has 0 aromatic heterocycles. The van der Waals surface area contributed by atoms with Crippen LogP contribution in [0.3, 0.4) is 0 Å². The highest BCUT2D eigenvalue weighted by Crippen LogP contribution is 2.60. The Morgan fingerprint density at radius 2 is 1.22 bits per heavy atom. The van der Waals surface area contributed by atoms with Crippen molar-refractivity contribution in [2.45, 2.75) is 111 Å². The fourth-order valence-electron chi connectivity index (χ4n) is 10.3. The van der Waals surface area contributed by atoms with Crippen molar-refractivity contribution < 1.29 is 23.4 Å². The molecule has 1 aromatic rings. The van der Waals surface area contributed by atoms with Crippen LogP contribution in [-0.2, 0) is 30.0 Å². The number of rotatable bonds is 15. The largest absolute Gasteiger partial charge is 0.463 e. The smallest absolute Gasteiger partial charge is 0.343 e. The van der Waals surface area contributed by atoms with Crippen LogP contribution >= 0.6 is 0 Å². The lowest BCUT2D eigenvalue weighted by molar-refractivity contribution is -0.459. The fraction of sp³-hybridized carbons (Fsp3) is 0.519.